The van der Waals surface area contributed by atoms with Gasteiger partial charge in [0.05, 0.1) is 5.69 Å². The fraction of sp³-hybridized carbons (Fsp3) is 0.231. The second kappa shape index (κ2) is 5.71. The highest BCUT2D eigenvalue weighted by molar-refractivity contribution is 5.37. The maximum absolute atomic E-state index is 13.9. The van der Waals surface area contributed by atoms with E-state index < -0.39 is 11.6 Å². The molecule has 19 heavy (non-hydrogen) atoms. The SMILES string of the molecule is CCc1ncnc(Oc2cccc(F)c2CN)c1F. The van der Waals surface area contributed by atoms with Crippen molar-refractivity contribution in [1.82, 2.24) is 9.97 Å². The van der Waals surface area contributed by atoms with Crippen LogP contribution in [0, 0.1) is 11.6 Å². The van der Waals surface area contributed by atoms with Gasteiger partial charge in [0.1, 0.15) is 17.9 Å². The minimum atomic E-state index is -0.641. The van der Waals surface area contributed by atoms with Crippen LogP contribution < -0.4 is 10.5 Å². The van der Waals surface area contributed by atoms with Gasteiger partial charge in [-0.25, -0.2) is 9.37 Å². The minimum absolute atomic E-state index is 0.0463. The molecule has 0 saturated heterocycles. The van der Waals surface area contributed by atoms with Gasteiger partial charge < -0.3 is 10.5 Å². The van der Waals surface area contributed by atoms with Crippen LogP contribution in [0.5, 0.6) is 11.6 Å². The zero-order valence-electron chi connectivity index (χ0n) is 10.4. The lowest BCUT2D eigenvalue weighted by Crippen LogP contribution is -2.05. The molecule has 0 radical (unpaired) electrons. The second-order valence-electron chi connectivity index (χ2n) is 3.82. The summed E-state index contributed by atoms with van der Waals surface area (Å²) in [5, 5.41) is 0. The van der Waals surface area contributed by atoms with E-state index in [1.165, 1.54) is 24.5 Å². The predicted octanol–water partition coefficient (Wildman–Crippen LogP) is 2.57. The Hall–Kier alpha value is -2.08. The molecule has 0 amide bonds. The van der Waals surface area contributed by atoms with Crippen LogP contribution in [-0.4, -0.2) is 9.97 Å². The van der Waals surface area contributed by atoms with Crippen LogP contribution in [0.1, 0.15) is 18.2 Å². The van der Waals surface area contributed by atoms with Gasteiger partial charge in [-0.3, -0.25) is 0 Å². The standard InChI is InChI=1S/C13H13F2N3O/c1-2-10-12(15)13(18-7-17-10)19-11-5-3-4-9(14)8(11)6-16/h3-5,7H,2,6,16H2,1H3. The molecule has 4 nitrogen and oxygen atoms in total. The lowest BCUT2D eigenvalue weighted by molar-refractivity contribution is 0.407. The number of hydrogen-bond acceptors (Lipinski definition) is 4. The number of ether oxygens (including phenoxy) is 1. The monoisotopic (exact) mass is 265 g/mol. The van der Waals surface area contributed by atoms with Crippen molar-refractivity contribution in [3.8, 4) is 11.6 Å². The predicted molar refractivity (Wildman–Crippen MR) is 65.7 cm³/mol. The third kappa shape index (κ3) is 2.68. The molecular weight excluding hydrogens is 252 g/mol. The van der Waals surface area contributed by atoms with Crippen LogP contribution >= 0.6 is 0 Å². The summed E-state index contributed by atoms with van der Waals surface area (Å²) in [6, 6.07) is 4.24. The number of rotatable bonds is 4. The van der Waals surface area contributed by atoms with E-state index in [0.29, 0.717) is 6.42 Å². The smallest absolute Gasteiger partial charge is 0.259 e. The number of benzene rings is 1. The molecule has 1 aromatic carbocycles. The number of aryl methyl sites for hydroxylation is 1. The van der Waals surface area contributed by atoms with Gasteiger partial charge in [-0.1, -0.05) is 13.0 Å². The average molecular weight is 265 g/mol. The van der Waals surface area contributed by atoms with E-state index in [4.69, 9.17) is 10.5 Å². The summed E-state index contributed by atoms with van der Waals surface area (Å²) in [5.74, 6) is -1.21. The molecule has 0 aliphatic heterocycles. The Kier molecular flexibility index (Phi) is 4.01. The van der Waals surface area contributed by atoms with Gasteiger partial charge in [0.15, 0.2) is 0 Å². The first-order valence-corrected chi connectivity index (χ1v) is 5.82. The van der Waals surface area contributed by atoms with Crippen molar-refractivity contribution in [3.63, 3.8) is 0 Å². The third-order valence-electron chi connectivity index (χ3n) is 2.65. The van der Waals surface area contributed by atoms with Gasteiger partial charge in [-0.05, 0) is 18.6 Å². The summed E-state index contributed by atoms with van der Waals surface area (Å²) in [6.45, 7) is 1.72. The first kappa shape index (κ1) is 13.4. The molecule has 0 unspecified atom stereocenters. The molecule has 100 valence electrons. The van der Waals surface area contributed by atoms with Crippen LogP contribution in [0.2, 0.25) is 0 Å². The second-order valence-corrected chi connectivity index (χ2v) is 3.82. The van der Waals surface area contributed by atoms with E-state index >= 15 is 0 Å². The molecule has 1 aromatic heterocycles. The summed E-state index contributed by atoms with van der Waals surface area (Å²) in [6.07, 6.45) is 1.62. The molecule has 0 fully saturated rings. The molecule has 1 heterocycles. The van der Waals surface area contributed by atoms with E-state index in [0.717, 1.165) is 0 Å². The molecule has 0 bridgehead atoms. The topological polar surface area (TPSA) is 61.0 Å². The molecule has 0 atom stereocenters. The summed E-state index contributed by atoms with van der Waals surface area (Å²) < 4.78 is 32.7. The van der Waals surface area contributed by atoms with Crippen LogP contribution in [0.15, 0.2) is 24.5 Å². The first-order valence-electron chi connectivity index (χ1n) is 5.82. The highest BCUT2D eigenvalue weighted by atomic mass is 19.1. The maximum Gasteiger partial charge on any atom is 0.259 e. The lowest BCUT2D eigenvalue weighted by Gasteiger charge is -2.11. The number of nitrogens with zero attached hydrogens (tertiary/aromatic N) is 2. The van der Waals surface area contributed by atoms with Crippen molar-refractivity contribution in [1.29, 1.82) is 0 Å². The molecule has 6 heteroatoms. The lowest BCUT2D eigenvalue weighted by atomic mass is 10.2. The summed E-state index contributed by atoms with van der Waals surface area (Å²) >= 11 is 0. The fourth-order valence-electron chi connectivity index (χ4n) is 1.64. The number of hydrogen-bond donors (Lipinski definition) is 1. The largest absolute Gasteiger partial charge is 0.436 e. The van der Waals surface area contributed by atoms with Gasteiger partial charge in [0.2, 0.25) is 5.82 Å². The molecule has 2 rings (SSSR count). The summed E-state index contributed by atoms with van der Waals surface area (Å²) in [4.78, 5) is 7.51. The Balaban J connectivity index is 2.39. The maximum atomic E-state index is 13.9. The molecule has 2 N–H and O–H groups in total. The molecule has 0 spiro atoms. The molecule has 2 aromatic rings. The van der Waals surface area contributed by atoms with Crippen LogP contribution in [-0.2, 0) is 13.0 Å². The minimum Gasteiger partial charge on any atom is -0.436 e. The highest BCUT2D eigenvalue weighted by Gasteiger charge is 2.15. The number of nitrogens with two attached hydrogens (primary N) is 1. The molecule has 0 saturated carbocycles. The van der Waals surface area contributed by atoms with Gasteiger partial charge in [0.25, 0.3) is 5.88 Å². The van der Waals surface area contributed by atoms with Gasteiger partial charge in [0, 0.05) is 12.1 Å². The van der Waals surface area contributed by atoms with Crippen LogP contribution in [0.4, 0.5) is 8.78 Å². The van der Waals surface area contributed by atoms with Crippen molar-refractivity contribution in [2.45, 2.75) is 19.9 Å². The first-order chi connectivity index (χ1) is 9.17. The zero-order chi connectivity index (χ0) is 13.8. The molecular formula is C13H13F2N3O. The van der Waals surface area contributed by atoms with Gasteiger partial charge in [-0.2, -0.15) is 9.37 Å². The van der Waals surface area contributed by atoms with Crippen molar-refractivity contribution in [2.24, 2.45) is 5.73 Å². The Labute approximate surface area is 109 Å². The van der Waals surface area contributed by atoms with Crippen molar-refractivity contribution >= 4 is 0 Å². The Morgan fingerprint density at radius 1 is 1.26 bits per heavy atom. The fourth-order valence-corrected chi connectivity index (χ4v) is 1.64. The summed E-state index contributed by atoms with van der Waals surface area (Å²) in [5.41, 5.74) is 5.88. The average Bonchev–Trinajstić information content (AvgIpc) is 2.41. The third-order valence-corrected chi connectivity index (χ3v) is 2.65. The highest BCUT2D eigenvalue weighted by Crippen LogP contribution is 2.27. The normalized spacial score (nSPS) is 10.5. The van der Waals surface area contributed by atoms with E-state index in [-0.39, 0.29) is 29.4 Å². The van der Waals surface area contributed by atoms with Crippen LogP contribution in [0.3, 0.4) is 0 Å². The van der Waals surface area contributed by atoms with Crippen LogP contribution in [0.25, 0.3) is 0 Å². The molecule has 0 aliphatic carbocycles. The van der Waals surface area contributed by atoms with Gasteiger partial charge >= 0.3 is 0 Å². The summed E-state index contributed by atoms with van der Waals surface area (Å²) in [7, 11) is 0. The quantitative estimate of drug-likeness (QED) is 0.923. The van der Waals surface area contributed by atoms with E-state index in [2.05, 4.69) is 9.97 Å². The number of aromatic nitrogens is 2. The van der Waals surface area contributed by atoms with E-state index in [9.17, 15) is 8.78 Å². The van der Waals surface area contributed by atoms with Crippen molar-refractivity contribution in [2.75, 3.05) is 0 Å². The Morgan fingerprint density at radius 3 is 2.74 bits per heavy atom. The molecule has 0 aliphatic rings. The van der Waals surface area contributed by atoms with E-state index in [1.54, 1.807) is 6.92 Å². The van der Waals surface area contributed by atoms with Crippen molar-refractivity contribution in [3.05, 3.63) is 47.4 Å². The zero-order valence-corrected chi connectivity index (χ0v) is 10.4. The van der Waals surface area contributed by atoms with Crippen molar-refractivity contribution < 1.29 is 13.5 Å². The Morgan fingerprint density at radius 2 is 2.05 bits per heavy atom. The van der Waals surface area contributed by atoms with Gasteiger partial charge in [-0.15, -0.1) is 0 Å². The Bertz CT molecular complexity index is 590. The number of halogens is 2. The van der Waals surface area contributed by atoms with E-state index in [1.807, 2.05) is 0 Å².